The fraction of sp³-hybridized carbons (Fsp3) is 0.632. The molecule has 3 rings (SSSR count). The number of ether oxygens (including phenoxy) is 1. The Bertz CT molecular complexity index is 483. The number of rotatable bonds is 4. The molecule has 1 aromatic carbocycles. The van der Waals surface area contributed by atoms with Gasteiger partial charge in [-0.05, 0) is 68.7 Å². The molecule has 0 amide bonds. The van der Waals surface area contributed by atoms with Crippen molar-refractivity contribution in [2.24, 2.45) is 0 Å². The molecular formula is C19H27NO2. The van der Waals surface area contributed by atoms with Crippen molar-refractivity contribution in [1.82, 2.24) is 4.90 Å². The number of esters is 1. The Kier molecular flexibility index (Phi) is 5.14. The van der Waals surface area contributed by atoms with Crippen LogP contribution in [0.25, 0.3) is 0 Å². The van der Waals surface area contributed by atoms with E-state index in [1.165, 1.54) is 44.0 Å². The van der Waals surface area contributed by atoms with Crippen LogP contribution in [0.15, 0.2) is 24.3 Å². The van der Waals surface area contributed by atoms with E-state index in [1.54, 1.807) is 0 Å². The molecule has 0 atom stereocenters. The molecule has 1 saturated carbocycles. The van der Waals surface area contributed by atoms with E-state index in [0.717, 1.165) is 32.2 Å². The summed E-state index contributed by atoms with van der Waals surface area (Å²) in [5, 5.41) is 0. The first-order valence-corrected chi connectivity index (χ1v) is 8.69. The summed E-state index contributed by atoms with van der Waals surface area (Å²) >= 11 is 0. The molecular weight excluding hydrogens is 274 g/mol. The third-order valence-corrected chi connectivity index (χ3v) is 5.06. The van der Waals surface area contributed by atoms with Crippen molar-refractivity contribution in [3.8, 4) is 0 Å². The SMILES string of the molecule is CC(=O)OC1CCC(c2ccc(CN3CCCC3)cc2)CC1. The van der Waals surface area contributed by atoms with E-state index in [9.17, 15) is 4.79 Å². The summed E-state index contributed by atoms with van der Waals surface area (Å²) in [5.74, 6) is 0.488. The molecule has 0 unspecified atom stereocenters. The van der Waals surface area contributed by atoms with Crippen LogP contribution in [0.5, 0.6) is 0 Å². The molecule has 0 bridgehead atoms. The number of nitrogens with zero attached hydrogens (tertiary/aromatic N) is 1. The highest BCUT2D eigenvalue weighted by atomic mass is 16.5. The maximum atomic E-state index is 11.0. The maximum absolute atomic E-state index is 11.0. The van der Waals surface area contributed by atoms with Gasteiger partial charge in [0.05, 0.1) is 0 Å². The van der Waals surface area contributed by atoms with Gasteiger partial charge in [0.25, 0.3) is 0 Å². The summed E-state index contributed by atoms with van der Waals surface area (Å²) in [5.41, 5.74) is 2.88. The highest BCUT2D eigenvalue weighted by Crippen LogP contribution is 2.34. The van der Waals surface area contributed by atoms with E-state index in [0.29, 0.717) is 5.92 Å². The largest absolute Gasteiger partial charge is 0.463 e. The summed E-state index contributed by atoms with van der Waals surface area (Å²) in [6.07, 6.45) is 7.10. The number of benzene rings is 1. The Morgan fingerprint density at radius 3 is 2.32 bits per heavy atom. The van der Waals surface area contributed by atoms with Gasteiger partial charge in [-0.1, -0.05) is 24.3 Å². The second kappa shape index (κ2) is 7.28. The molecule has 22 heavy (non-hydrogen) atoms. The van der Waals surface area contributed by atoms with Gasteiger partial charge in [0.15, 0.2) is 0 Å². The lowest BCUT2D eigenvalue weighted by atomic mass is 9.82. The molecule has 120 valence electrons. The first kappa shape index (κ1) is 15.5. The fourth-order valence-corrected chi connectivity index (χ4v) is 3.84. The van der Waals surface area contributed by atoms with E-state index in [4.69, 9.17) is 4.74 Å². The monoisotopic (exact) mass is 301 g/mol. The van der Waals surface area contributed by atoms with Crippen LogP contribution < -0.4 is 0 Å². The minimum atomic E-state index is -0.144. The standard InChI is InChI=1S/C19H27NO2/c1-15(21)22-19-10-8-18(9-11-19)17-6-4-16(5-7-17)14-20-12-2-3-13-20/h4-7,18-19H,2-3,8-14H2,1H3. The van der Waals surface area contributed by atoms with Gasteiger partial charge in [0, 0.05) is 13.5 Å². The average Bonchev–Trinajstić information content (AvgIpc) is 3.01. The Morgan fingerprint density at radius 1 is 1.09 bits per heavy atom. The fourth-order valence-electron chi connectivity index (χ4n) is 3.84. The molecule has 1 aliphatic heterocycles. The summed E-state index contributed by atoms with van der Waals surface area (Å²) in [7, 11) is 0. The number of carbonyl (C=O) groups is 1. The van der Waals surface area contributed by atoms with Crippen LogP contribution in [0.4, 0.5) is 0 Å². The van der Waals surface area contributed by atoms with Crippen LogP contribution in [0.1, 0.15) is 62.5 Å². The molecule has 2 aliphatic rings. The van der Waals surface area contributed by atoms with Crippen LogP contribution in [-0.2, 0) is 16.1 Å². The lowest BCUT2D eigenvalue weighted by molar-refractivity contribution is -0.147. The van der Waals surface area contributed by atoms with Crippen molar-refractivity contribution in [2.45, 2.75) is 64.0 Å². The Labute approximate surface area is 133 Å². The number of hydrogen-bond acceptors (Lipinski definition) is 3. The van der Waals surface area contributed by atoms with Crippen molar-refractivity contribution in [1.29, 1.82) is 0 Å². The van der Waals surface area contributed by atoms with E-state index < -0.39 is 0 Å². The topological polar surface area (TPSA) is 29.5 Å². The van der Waals surface area contributed by atoms with Crippen molar-refractivity contribution in [2.75, 3.05) is 13.1 Å². The van der Waals surface area contributed by atoms with Crippen molar-refractivity contribution >= 4 is 5.97 Å². The Hall–Kier alpha value is -1.35. The van der Waals surface area contributed by atoms with Gasteiger partial charge < -0.3 is 4.74 Å². The second-order valence-electron chi connectivity index (χ2n) is 6.81. The third kappa shape index (κ3) is 4.10. The minimum Gasteiger partial charge on any atom is -0.463 e. The quantitative estimate of drug-likeness (QED) is 0.791. The zero-order chi connectivity index (χ0) is 15.4. The summed E-state index contributed by atoms with van der Waals surface area (Å²) in [6, 6.07) is 9.21. The molecule has 1 saturated heterocycles. The lowest BCUT2D eigenvalue weighted by Crippen LogP contribution is -2.22. The number of carbonyl (C=O) groups excluding carboxylic acids is 1. The second-order valence-corrected chi connectivity index (χ2v) is 6.81. The summed E-state index contributed by atoms with van der Waals surface area (Å²) in [4.78, 5) is 13.6. The molecule has 3 nitrogen and oxygen atoms in total. The molecule has 3 heteroatoms. The van der Waals surface area contributed by atoms with Crippen molar-refractivity contribution in [3.05, 3.63) is 35.4 Å². The van der Waals surface area contributed by atoms with Crippen LogP contribution in [0.3, 0.4) is 0 Å². The van der Waals surface area contributed by atoms with Gasteiger partial charge in [-0.3, -0.25) is 9.69 Å². The number of likely N-dealkylation sites (tertiary alicyclic amines) is 1. The minimum absolute atomic E-state index is 0.142. The van der Waals surface area contributed by atoms with Gasteiger partial charge in [-0.25, -0.2) is 0 Å². The first-order chi connectivity index (χ1) is 10.7. The molecule has 1 heterocycles. The highest BCUT2D eigenvalue weighted by Gasteiger charge is 2.24. The van der Waals surface area contributed by atoms with Crippen LogP contribution >= 0.6 is 0 Å². The molecule has 0 N–H and O–H groups in total. The van der Waals surface area contributed by atoms with Gasteiger partial charge >= 0.3 is 5.97 Å². The van der Waals surface area contributed by atoms with Gasteiger partial charge in [-0.2, -0.15) is 0 Å². The predicted molar refractivity (Wildman–Crippen MR) is 87.7 cm³/mol. The average molecular weight is 301 g/mol. The maximum Gasteiger partial charge on any atom is 0.302 e. The molecule has 0 aromatic heterocycles. The predicted octanol–water partition coefficient (Wildman–Crippen LogP) is 3.87. The Morgan fingerprint density at radius 2 is 1.73 bits per heavy atom. The van der Waals surface area contributed by atoms with Gasteiger partial charge in [0.1, 0.15) is 6.10 Å². The normalized spacial score (nSPS) is 26.0. The smallest absolute Gasteiger partial charge is 0.302 e. The summed E-state index contributed by atoms with van der Waals surface area (Å²) < 4.78 is 5.32. The van der Waals surface area contributed by atoms with Gasteiger partial charge in [-0.15, -0.1) is 0 Å². The van der Waals surface area contributed by atoms with Crippen LogP contribution in [-0.4, -0.2) is 30.1 Å². The lowest BCUT2D eigenvalue weighted by Gasteiger charge is -2.28. The molecule has 0 radical (unpaired) electrons. The molecule has 1 aromatic rings. The number of hydrogen-bond donors (Lipinski definition) is 0. The van der Waals surface area contributed by atoms with Crippen LogP contribution in [0.2, 0.25) is 0 Å². The summed E-state index contributed by atoms with van der Waals surface area (Å²) in [6.45, 7) is 5.11. The Balaban J connectivity index is 1.51. The molecule has 2 fully saturated rings. The first-order valence-electron chi connectivity index (χ1n) is 8.69. The zero-order valence-corrected chi connectivity index (χ0v) is 13.6. The van der Waals surface area contributed by atoms with E-state index in [2.05, 4.69) is 29.2 Å². The zero-order valence-electron chi connectivity index (χ0n) is 13.6. The van der Waals surface area contributed by atoms with Crippen LogP contribution in [0, 0.1) is 0 Å². The third-order valence-electron chi connectivity index (χ3n) is 5.06. The van der Waals surface area contributed by atoms with Crippen molar-refractivity contribution < 1.29 is 9.53 Å². The van der Waals surface area contributed by atoms with Crippen molar-refractivity contribution in [3.63, 3.8) is 0 Å². The molecule has 0 spiro atoms. The van der Waals surface area contributed by atoms with E-state index in [-0.39, 0.29) is 12.1 Å². The highest BCUT2D eigenvalue weighted by molar-refractivity contribution is 5.66. The van der Waals surface area contributed by atoms with Gasteiger partial charge in [0.2, 0.25) is 0 Å². The van der Waals surface area contributed by atoms with E-state index >= 15 is 0 Å². The molecule has 1 aliphatic carbocycles. The van der Waals surface area contributed by atoms with E-state index in [1.807, 2.05) is 0 Å².